The molecule has 0 aromatic heterocycles. The number of nitrogens with two attached hydrogens (primary N) is 2. The van der Waals surface area contributed by atoms with Gasteiger partial charge in [-0.3, -0.25) is 4.79 Å². The van der Waals surface area contributed by atoms with E-state index in [1.807, 2.05) is 0 Å². The molecule has 0 aliphatic rings. The molecule has 0 radical (unpaired) electrons. The second kappa shape index (κ2) is 4.89. The van der Waals surface area contributed by atoms with Crippen molar-refractivity contribution in [3.63, 3.8) is 0 Å². The molecule has 0 saturated heterocycles. The molecule has 6 heteroatoms. The molecule has 0 bridgehead atoms. The monoisotopic (exact) mass is 230 g/mol. The van der Waals surface area contributed by atoms with Gasteiger partial charge in [-0.1, -0.05) is 0 Å². The van der Waals surface area contributed by atoms with Gasteiger partial charge in [0.05, 0.1) is 5.69 Å². The van der Waals surface area contributed by atoms with Crippen molar-refractivity contribution in [2.45, 2.75) is 18.9 Å². The summed E-state index contributed by atoms with van der Waals surface area (Å²) >= 11 is 0. The first-order valence-corrected chi connectivity index (χ1v) is 4.63. The maximum absolute atomic E-state index is 13.0. The van der Waals surface area contributed by atoms with Crippen molar-refractivity contribution in [1.29, 1.82) is 0 Å². The number of nitrogen functional groups attached to an aromatic ring is 1. The van der Waals surface area contributed by atoms with Crippen LogP contribution in [0.15, 0.2) is 12.1 Å². The lowest BCUT2D eigenvalue weighted by Gasteiger charge is -2.12. The maximum atomic E-state index is 13.0. The SMILES string of the molecule is Nc1cc(C(N)CCC(=O)O)cc(F)c1F. The molecule has 1 unspecified atom stereocenters. The zero-order valence-electron chi connectivity index (χ0n) is 8.41. The van der Waals surface area contributed by atoms with E-state index in [-0.39, 0.29) is 24.1 Å². The van der Waals surface area contributed by atoms with Crippen molar-refractivity contribution in [2.24, 2.45) is 5.73 Å². The van der Waals surface area contributed by atoms with E-state index in [1.165, 1.54) is 6.07 Å². The van der Waals surface area contributed by atoms with Crippen LogP contribution in [0.3, 0.4) is 0 Å². The van der Waals surface area contributed by atoms with Crippen LogP contribution in [0.1, 0.15) is 24.4 Å². The standard InChI is InChI=1S/C10H12F2N2O2/c11-6-3-5(4-8(14)10(6)12)7(13)1-2-9(15)16/h3-4,7H,1-2,13-14H2,(H,15,16). The molecule has 0 amide bonds. The van der Waals surface area contributed by atoms with Gasteiger partial charge in [-0.15, -0.1) is 0 Å². The van der Waals surface area contributed by atoms with Crippen LogP contribution in [0.25, 0.3) is 0 Å². The van der Waals surface area contributed by atoms with Gasteiger partial charge in [-0.25, -0.2) is 8.78 Å². The predicted octanol–water partition coefficient (Wildman–Crippen LogP) is 1.41. The highest BCUT2D eigenvalue weighted by molar-refractivity contribution is 5.66. The van der Waals surface area contributed by atoms with Gasteiger partial charge >= 0.3 is 5.97 Å². The zero-order chi connectivity index (χ0) is 12.3. The van der Waals surface area contributed by atoms with Gasteiger partial charge in [0.1, 0.15) is 0 Å². The second-order valence-electron chi connectivity index (χ2n) is 3.44. The number of rotatable bonds is 4. The first-order valence-electron chi connectivity index (χ1n) is 4.63. The Balaban J connectivity index is 2.84. The zero-order valence-corrected chi connectivity index (χ0v) is 8.41. The van der Waals surface area contributed by atoms with Crippen molar-refractivity contribution < 1.29 is 18.7 Å². The molecule has 4 nitrogen and oxygen atoms in total. The Hall–Kier alpha value is -1.69. The highest BCUT2D eigenvalue weighted by Gasteiger charge is 2.14. The Morgan fingerprint density at radius 3 is 2.56 bits per heavy atom. The Morgan fingerprint density at radius 2 is 2.06 bits per heavy atom. The molecule has 1 atom stereocenters. The summed E-state index contributed by atoms with van der Waals surface area (Å²) < 4.78 is 25.8. The summed E-state index contributed by atoms with van der Waals surface area (Å²) in [6.45, 7) is 0. The van der Waals surface area contributed by atoms with Crippen LogP contribution in [0, 0.1) is 11.6 Å². The lowest BCUT2D eigenvalue weighted by molar-refractivity contribution is -0.137. The fraction of sp³-hybridized carbons (Fsp3) is 0.300. The van der Waals surface area contributed by atoms with Crippen molar-refractivity contribution in [3.05, 3.63) is 29.3 Å². The van der Waals surface area contributed by atoms with E-state index in [0.29, 0.717) is 0 Å². The lowest BCUT2D eigenvalue weighted by atomic mass is 10.0. The second-order valence-corrected chi connectivity index (χ2v) is 3.44. The summed E-state index contributed by atoms with van der Waals surface area (Å²) in [7, 11) is 0. The Morgan fingerprint density at radius 1 is 1.44 bits per heavy atom. The largest absolute Gasteiger partial charge is 0.481 e. The van der Waals surface area contributed by atoms with Gasteiger partial charge in [-0.2, -0.15) is 0 Å². The minimum Gasteiger partial charge on any atom is -0.481 e. The summed E-state index contributed by atoms with van der Waals surface area (Å²) in [6.07, 6.45) is -0.0000867. The molecule has 0 spiro atoms. The number of benzene rings is 1. The fourth-order valence-electron chi connectivity index (χ4n) is 1.29. The number of anilines is 1. The average molecular weight is 230 g/mol. The summed E-state index contributed by atoms with van der Waals surface area (Å²) in [5.74, 6) is -3.19. The minimum atomic E-state index is -1.12. The smallest absolute Gasteiger partial charge is 0.303 e. The number of carboxylic acids is 1. The molecule has 0 saturated carbocycles. The Labute approximate surface area is 90.9 Å². The highest BCUT2D eigenvalue weighted by Crippen LogP contribution is 2.22. The van der Waals surface area contributed by atoms with E-state index >= 15 is 0 Å². The highest BCUT2D eigenvalue weighted by atomic mass is 19.2. The molecule has 5 N–H and O–H groups in total. The minimum absolute atomic E-state index is 0.139. The summed E-state index contributed by atoms with van der Waals surface area (Å²) in [6, 6.07) is 1.47. The molecule has 88 valence electrons. The number of hydrogen-bond donors (Lipinski definition) is 3. The number of carbonyl (C=O) groups is 1. The average Bonchev–Trinajstić information content (AvgIpc) is 2.21. The van der Waals surface area contributed by atoms with Crippen LogP contribution < -0.4 is 11.5 Å². The topological polar surface area (TPSA) is 89.3 Å². The third-order valence-corrected chi connectivity index (χ3v) is 2.18. The summed E-state index contributed by atoms with van der Waals surface area (Å²) in [5, 5.41) is 8.45. The lowest BCUT2D eigenvalue weighted by Crippen LogP contribution is -2.13. The van der Waals surface area contributed by atoms with Crippen LogP contribution in [0.2, 0.25) is 0 Å². The molecule has 16 heavy (non-hydrogen) atoms. The molecule has 0 heterocycles. The van der Waals surface area contributed by atoms with E-state index in [2.05, 4.69) is 0 Å². The maximum Gasteiger partial charge on any atom is 0.303 e. The number of carboxylic acid groups (broad SMARTS) is 1. The van der Waals surface area contributed by atoms with E-state index in [4.69, 9.17) is 16.6 Å². The Bertz CT molecular complexity index is 387. The molecule has 1 aromatic rings. The van der Waals surface area contributed by atoms with Crippen molar-refractivity contribution in [3.8, 4) is 0 Å². The number of halogens is 2. The molecule has 0 fully saturated rings. The Kier molecular flexibility index (Phi) is 3.78. The summed E-state index contributed by atoms with van der Waals surface area (Å²) in [5.41, 5.74) is 10.8. The van der Waals surface area contributed by atoms with Gasteiger partial charge in [0.15, 0.2) is 11.6 Å². The molecular formula is C10H12F2N2O2. The van der Waals surface area contributed by atoms with Crippen LogP contribution in [-0.4, -0.2) is 11.1 Å². The molecule has 1 rings (SSSR count). The van der Waals surface area contributed by atoms with Crippen molar-refractivity contribution in [1.82, 2.24) is 0 Å². The van der Waals surface area contributed by atoms with Crippen molar-refractivity contribution in [2.75, 3.05) is 5.73 Å². The first-order chi connectivity index (χ1) is 7.41. The summed E-state index contributed by atoms with van der Waals surface area (Å²) in [4.78, 5) is 10.3. The van der Waals surface area contributed by atoms with Crippen LogP contribution >= 0.6 is 0 Å². The first kappa shape index (κ1) is 12.4. The third-order valence-electron chi connectivity index (χ3n) is 2.18. The molecule has 1 aromatic carbocycles. The van der Waals surface area contributed by atoms with E-state index in [1.54, 1.807) is 0 Å². The number of aliphatic carboxylic acids is 1. The van der Waals surface area contributed by atoms with Gasteiger partial charge in [0.25, 0.3) is 0 Å². The normalized spacial score (nSPS) is 12.4. The molecule has 0 aliphatic heterocycles. The molecule has 0 aliphatic carbocycles. The van der Waals surface area contributed by atoms with Crippen LogP contribution in [-0.2, 0) is 4.79 Å². The van der Waals surface area contributed by atoms with E-state index in [9.17, 15) is 13.6 Å². The van der Waals surface area contributed by atoms with Gasteiger partial charge in [0, 0.05) is 12.5 Å². The van der Waals surface area contributed by atoms with Gasteiger partial charge in [-0.05, 0) is 24.1 Å². The third kappa shape index (κ3) is 2.90. The van der Waals surface area contributed by atoms with Gasteiger partial charge < -0.3 is 16.6 Å². The van der Waals surface area contributed by atoms with Gasteiger partial charge in [0.2, 0.25) is 0 Å². The van der Waals surface area contributed by atoms with E-state index < -0.39 is 23.6 Å². The predicted molar refractivity (Wildman–Crippen MR) is 54.6 cm³/mol. The van der Waals surface area contributed by atoms with Crippen molar-refractivity contribution >= 4 is 11.7 Å². The number of hydrogen-bond acceptors (Lipinski definition) is 3. The fourth-order valence-corrected chi connectivity index (χ4v) is 1.29. The van der Waals surface area contributed by atoms with E-state index in [0.717, 1.165) is 6.07 Å². The van der Waals surface area contributed by atoms with Crippen LogP contribution in [0.5, 0.6) is 0 Å². The molecular weight excluding hydrogens is 218 g/mol. The van der Waals surface area contributed by atoms with Crippen LogP contribution in [0.4, 0.5) is 14.5 Å². The quantitative estimate of drug-likeness (QED) is 0.682.